The number of hydrogen-bond acceptors (Lipinski definition) is 5. The molecule has 0 aliphatic rings. The number of para-hydroxylation sites is 1. The van der Waals surface area contributed by atoms with Gasteiger partial charge in [-0.1, -0.05) is 29.8 Å². The number of aromatic nitrogens is 2. The lowest BCUT2D eigenvalue weighted by Gasteiger charge is -2.20. The maximum absolute atomic E-state index is 11.5. The van der Waals surface area contributed by atoms with E-state index in [-0.39, 0.29) is 10.7 Å². The molecule has 6 nitrogen and oxygen atoms in total. The molecule has 116 valence electrons. The van der Waals surface area contributed by atoms with Crippen LogP contribution in [0.5, 0.6) is 5.75 Å². The van der Waals surface area contributed by atoms with Crippen molar-refractivity contribution in [3.8, 4) is 5.75 Å². The van der Waals surface area contributed by atoms with Crippen LogP contribution in [0.25, 0.3) is 0 Å². The Morgan fingerprint density at radius 3 is 2.77 bits per heavy atom. The van der Waals surface area contributed by atoms with Crippen LogP contribution in [-0.4, -0.2) is 36.3 Å². The van der Waals surface area contributed by atoms with Crippen LogP contribution in [0.2, 0.25) is 5.15 Å². The number of aryl methyl sites for hydroxylation is 1. The number of hydrogen-bond donors (Lipinski definition) is 1. The number of anilines is 1. The minimum atomic E-state index is -0.599. The van der Waals surface area contributed by atoms with E-state index in [9.17, 15) is 4.79 Å². The van der Waals surface area contributed by atoms with Crippen LogP contribution in [0.4, 0.5) is 5.82 Å². The standard InChI is InChI=1S/C15H17ClN4O2/c1-10-5-3-4-6-12(10)22-8-7-20(2)15-11(14(17)21)9-13(16)18-19-15/h3-6,9H,7-8H2,1-2H3,(H2,17,21). The van der Waals surface area contributed by atoms with Gasteiger partial charge in [-0.15, -0.1) is 10.2 Å². The normalized spacial score (nSPS) is 10.3. The van der Waals surface area contributed by atoms with Crippen molar-refractivity contribution in [1.29, 1.82) is 0 Å². The molecule has 2 N–H and O–H groups in total. The van der Waals surface area contributed by atoms with Crippen molar-refractivity contribution in [2.75, 3.05) is 25.1 Å². The van der Waals surface area contributed by atoms with Crippen molar-refractivity contribution in [3.05, 3.63) is 46.6 Å². The molecule has 1 aromatic carbocycles. The molecule has 0 spiro atoms. The lowest BCUT2D eigenvalue weighted by Crippen LogP contribution is -2.28. The number of amides is 1. The number of nitrogens with two attached hydrogens (primary N) is 1. The number of carbonyl (C=O) groups is 1. The Balaban J connectivity index is 2.02. The highest BCUT2D eigenvalue weighted by Gasteiger charge is 2.15. The summed E-state index contributed by atoms with van der Waals surface area (Å²) < 4.78 is 5.72. The van der Waals surface area contributed by atoms with Crippen LogP contribution in [0.1, 0.15) is 15.9 Å². The third-order valence-corrected chi connectivity index (χ3v) is 3.33. The van der Waals surface area contributed by atoms with Crippen molar-refractivity contribution in [2.24, 2.45) is 5.73 Å². The van der Waals surface area contributed by atoms with Crippen molar-refractivity contribution in [2.45, 2.75) is 6.92 Å². The maximum Gasteiger partial charge on any atom is 0.252 e. The summed E-state index contributed by atoms with van der Waals surface area (Å²) in [5, 5.41) is 7.81. The van der Waals surface area contributed by atoms with Crippen LogP contribution >= 0.6 is 11.6 Å². The van der Waals surface area contributed by atoms with E-state index in [0.29, 0.717) is 19.0 Å². The number of carbonyl (C=O) groups excluding carboxylic acids is 1. The lowest BCUT2D eigenvalue weighted by molar-refractivity contribution is 0.1000. The fourth-order valence-corrected chi connectivity index (χ4v) is 2.09. The molecule has 0 saturated carbocycles. The SMILES string of the molecule is Cc1ccccc1OCCN(C)c1nnc(Cl)cc1C(N)=O. The van der Waals surface area contributed by atoms with Gasteiger partial charge in [0.1, 0.15) is 12.4 Å². The minimum absolute atomic E-state index is 0.127. The number of nitrogens with zero attached hydrogens (tertiary/aromatic N) is 3. The first kappa shape index (κ1) is 16.0. The highest BCUT2D eigenvalue weighted by atomic mass is 35.5. The van der Waals surface area contributed by atoms with Gasteiger partial charge < -0.3 is 15.4 Å². The third kappa shape index (κ3) is 3.85. The Labute approximate surface area is 133 Å². The Hall–Kier alpha value is -2.34. The van der Waals surface area contributed by atoms with Crippen LogP contribution in [0.3, 0.4) is 0 Å². The first-order valence-electron chi connectivity index (χ1n) is 6.71. The van der Waals surface area contributed by atoms with Crippen molar-refractivity contribution in [1.82, 2.24) is 10.2 Å². The van der Waals surface area contributed by atoms with E-state index in [4.69, 9.17) is 22.1 Å². The van der Waals surface area contributed by atoms with E-state index in [1.807, 2.05) is 31.2 Å². The summed E-state index contributed by atoms with van der Waals surface area (Å²) in [5.74, 6) is 0.608. The molecular weight excluding hydrogens is 304 g/mol. The number of likely N-dealkylation sites (N-methyl/N-ethyl adjacent to an activating group) is 1. The predicted octanol–water partition coefficient (Wildman–Crippen LogP) is 2.05. The van der Waals surface area contributed by atoms with Gasteiger partial charge in [0.25, 0.3) is 5.91 Å². The quantitative estimate of drug-likeness (QED) is 0.881. The third-order valence-electron chi connectivity index (χ3n) is 3.15. The average molecular weight is 321 g/mol. The zero-order valence-corrected chi connectivity index (χ0v) is 13.2. The zero-order valence-electron chi connectivity index (χ0n) is 12.4. The molecule has 0 unspecified atom stereocenters. The monoisotopic (exact) mass is 320 g/mol. The molecule has 1 amide bonds. The Morgan fingerprint density at radius 1 is 1.36 bits per heavy atom. The molecule has 0 atom stereocenters. The molecule has 1 aromatic heterocycles. The van der Waals surface area contributed by atoms with Gasteiger partial charge in [0.15, 0.2) is 11.0 Å². The molecular formula is C15H17ClN4O2. The van der Waals surface area contributed by atoms with E-state index < -0.39 is 5.91 Å². The molecule has 0 saturated heterocycles. The van der Waals surface area contributed by atoms with Gasteiger partial charge >= 0.3 is 0 Å². The van der Waals surface area contributed by atoms with Gasteiger partial charge in [-0.05, 0) is 24.6 Å². The average Bonchev–Trinajstić information content (AvgIpc) is 2.49. The number of rotatable bonds is 6. The first-order valence-corrected chi connectivity index (χ1v) is 7.09. The molecule has 22 heavy (non-hydrogen) atoms. The summed E-state index contributed by atoms with van der Waals surface area (Å²) >= 11 is 5.74. The van der Waals surface area contributed by atoms with E-state index in [1.54, 1.807) is 11.9 Å². The van der Waals surface area contributed by atoms with Gasteiger partial charge in [0.05, 0.1) is 12.1 Å². The number of halogens is 1. The van der Waals surface area contributed by atoms with Crippen LogP contribution in [0, 0.1) is 6.92 Å². The molecule has 2 rings (SSSR count). The van der Waals surface area contributed by atoms with Gasteiger partial charge in [0.2, 0.25) is 0 Å². The second-order valence-electron chi connectivity index (χ2n) is 4.80. The fraction of sp³-hybridized carbons (Fsp3) is 0.267. The highest BCUT2D eigenvalue weighted by molar-refractivity contribution is 6.29. The van der Waals surface area contributed by atoms with Crippen LogP contribution < -0.4 is 15.4 Å². The zero-order chi connectivity index (χ0) is 16.1. The predicted molar refractivity (Wildman–Crippen MR) is 85.5 cm³/mol. The minimum Gasteiger partial charge on any atom is -0.491 e. The summed E-state index contributed by atoms with van der Waals surface area (Å²) in [6, 6.07) is 9.17. The molecule has 7 heteroatoms. The molecule has 0 bridgehead atoms. The summed E-state index contributed by atoms with van der Waals surface area (Å²) in [6.07, 6.45) is 0. The van der Waals surface area contributed by atoms with Crippen LogP contribution in [-0.2, 0) is 0 Å². The van der Waals surface area contributed by atoms with Gasteiger partial charge in [-0.3, -0.25) is 4.79 Å². The van der Waals surface area contributed by atoms with Crippen molar-refractivity contribution in [3.63, 3.8) is 0 Å². The number of benzene rings is 1. The van der Waals surface area contributed by atoms with Crippen molar-refractivity contribution >= 4 is 23.3 Å². The van der Waals surface area contributed by atoms with Gasteiger partial charge in [0, 0.05) is 7.05 Å². The van der Waals surface area contributed by atoms with E-state index in [2.05, 4.69) is 10.2 Å². The summed E-state index contributed by atoms with van der Waals surface area (Å²) in [6.45, 7) is 2.93. The van der Waals surface area contributed by atoms with Gasteiger partial charge in [-0.25, -0.2) is 0 Å². The fourth-order valence-electron chi connectivity index (χ4n) is 1.94. The molecule has 1 heterocycles. The summed E-state index contributed by atoms with van der Waals surface area (Å²) in [5.41, 5.74) is 6.64. The smallest absolute Gasteiger partial charge is 0.252 e. The maximum atomic E-state index is 11.5. The van der Waals surface area contributed by atoms with Crippen LogP contribution in [0.15, 0.2) is 30.3 Å². The lowest BCUT2D eigenvalue weighted by atomic mass is 10.2. The van der Waals surface area contributed by atoms with Crippen molar-refractivity contribution < 1.29 is 9.53 Å². The summed E-state index contributed by atoms with van der Waals surface area (Å²) in [7, 11) is 1.78. The number of ether oxygens (including phenoxy) is 1. The largest absolute Gasteiger partial charge is 0.491 e. The molecule has 0 aliphatic heterocycles. The van der Waals surface area contributed by atoms with Gasteiger partial charge in [-0.2, -0.15) is 0 Å². The molecule has 2 aromatic rings. The van der Waals surface area contributed by atoms with E-state index in [1.165, 1.54) is 6.07 Å². The van der Waals surface area contributed by atoms with E-state index in [0.717, 1.165) is 11.3 Å². The molecule has 0 radical (unpaired) electrons. The molecule has 0 fully saturated rings. The van der Waals surface area contributed by atoms with E-state index >= 15 is 0 Å². The Morgan fingerprint density at radius 2 is 2.09 bits per heavy atom. The topological polar surface area (TPSA) is 81.3 Å². The summed E-state index contributed by atoms with van der Waals surface area (Å²) in [4.78, 5) is 13.2. The number of primary amides is 1. The Bertz CT molecular complexity index is 678. The second kappa shape index (κ2) is 7.09. The Kier molecular flexibility index (Phi) is 5.16. The molecule has 0 aliphatic carbocycles. The first-order chi connectivity index (χ1) is 10.5. The highest BCUT2D eigenvalue weighted by Crippen LogP contribution is 2.19. The second-order valence-corrected chi connectivity index (χ2v) is 5.19.